The van der Waals surface area contributed by atoms with Crippen LogP contribution in [0.15, 0.2) is 85.1 Å². The van der Waals surface area contributed by atoms with Crippen molar-refractivity contribution >= 4 is 22.7 Å². The highest BCUT2D eigenvalue weighted by Gasteiger charge is 2.16. The number of fused-ring (bicyclic) bond motifs is 1. The highest BCUT2D eigenvalue weighted by atomic mass is 16.5. The van der Waals surface area contributed by atoms with Gasteiger partial charge >= 0.3 is 0 Å². The van der Waals surface area contributed by atoms with E-state index in [1.807, 2.05) is 107 Å². The van der Waals surface area contributed by atoms with E-state index < -0.39 is 0 Å². The third-order valence-corrected chi connectivity index (χ3v) is 5.58. The van der Waals surface area contributed by atoms with Crippen molar-refractivity contribution in [1.82, 2.24) is 19.3 Å². The number of hydrogen-bond donors (Lipinski definition) is 0. The lowest BCUT2D eigenvalue weighted by Crippen LogP contribution is -1.96. The molecule has 160 valence electrons. The maximum atomic E-state index is 10.0. The number of nitrogens with zero attached hydrogens (tertiary/aromatic N) is 5. The Hall–Kier alpha value is -4.63. The Morgan fingerprint density at radius 2 is 1.70 bits per heavy atom. The zero-order valence-electron chi connectivity index (χ0n) is 18.3. The summed E-state index contributed by atoms with van der Waals surface area (Å²) >= 11 is 0. The second kappa shape index (κ2) is 8.48. The molecular formula is C27H21N5O. The van der Waals surface area contributed by atoms with Crippen LogP contribution in [0.5, 0.6) is 5.75 Å². The minimum absolute atomic E-state index is 0.469. The van der Waals surface area contributed by atoms with Gasteiger partial charge in [0.1, 0.15) is 11.8 Å². The van der Waals surface area contributed by atoms with E-state index in [2.05, 4.69) is 6.07 Å². The number of benzene rings is 3. The maximum Gasteiger partial charge on any atom is 0.151 e. The van der Waals surface area contributed by atoms with Crippen LogP contribution in [-0.2, 0) is 7.05 Å². The van der Waals surface area contributed by atoms with Crippen LogP contribution in [0.3, 0.4) is 0 Å². The standard InChI is InChI=1S/C27H21N5O/c1-31-25-11-7-6-10-24(25)29-27(31)20(17-28)16-21-18-32(22-8-4-3-5-9-22)30-26(21)19-12-14-23(33-2)15-13-19/h3-16,18H,1-2H3. The normalized spacial score (nSPS) is 11.5. The van der Waals surface area contributed by atoms with E-state index in [1.54, 1.807) is 7.11 Å². The van der Waals surface area contributed by atoms with Gasteiger partial charge in [-0.3, -0.25) is 0 Å². The van der Waals surface area contributed by atoms with Crippen molar-refractivity contribution in [2.45, 2.75) is 0 Å². The second-order valence-electron chi connectivity index (χ2n) is 7.59. The largest absolute Gasteiger partial charge is 0.497 e. The van der Waals surface area contributed by atoms with Gasteiger partial charge < -0.3 is 9.30 Å². The summed E-state index contributed by atoms with van der Waals surface area (Å²) in [7, 11) is 3.57. The molecule has 6 heteroatoms. The van der Waals surface area contributed by atoms with Gasteiger partial charge in [-0.15, -0.1) is 0 Å². The summed E-state index contributed by atoms with van der Waals surface area (Å²) in [4.78, 5) is 4.70. The first kappa shape index (κ1) is 20.3. The summed E-state index contributed by atoms with van der Waals surface area (Å²) in [6, 6.07) is 27.8. The summed E-state index contributed by atoms with van der Waals surface area (Å²) < 4.78 is 9.07. The van der Waals surface area contributed by atoms with E-state index in [-0.39, 0.29) is 0 Å². The molecule has 5 aromatic rings. The van der Waals surface area contributed by atoms with Crippen LogP contribution in [0.1, 0.15) is 11.4 Å². The van der Waals surface area contributed by atoms with Crippen molar-refractivity contribution in [1.29, 1.82) is 5.26 Å². The van der Waals surface area contributed by atoms with Crippen LogP contribution in [0.4, 0.5) is 0 Å². The quantitative estimate of drug-likeness (QED) is 0.345. The SMILES string of the molecule is COc1ccc(-c2nn(-c3ccccc3)cc2C=C(C#N)c2nc3ccccc3n2C)cc1. The lowest BCUT2D eigenvalue weighted by molar-refractivity contribution is 0.415. The minimum atomic E-state index is 0.469. The lowest BCUT2D eigenvalue weighted by Gasteiger charge is -2.03. The van der Waals surface area contributed by atoms with Gasteiger partial charge in [-0.1, -0.05) is 30.3 Å². The van der Waals surface area contributed by atoms with Crippen LogP contribution < -0.4 is 4.74 Å². The molecule has 5 rings (SSSR count). The third-order valence-electron chi connectivity index (χ3n) is 5.58. The Morgan fingerprint density at radius 3 is 2.39 bits per heavy atom. The van der Waals surface area contributed by atoms with E-state index in [9.17, 15) is 5.26 Å². The molecule has 0 spiro atoms. The Bertz CT molecular complexity index is 1500. The number of aryl methyl sites for hydroxylation is 1. The Labute approximate surface area is 191 Å². The van der Waals surface area contributed by atoms with Crippen molar-refractivity contribution in [3.05, 3.63) is 96.4 Å². The molecule has 3 aromatic carbocycles. The first-order valence-corrected chi connectivity index (χ1v) is 10.5. The lowest BCUT2D eigenvalue weighted by atomic mass is 10.1. The van der Waals surface area contributed by atoms with Crippen molar-refractivity contribution in [2.24, 2.45) is 7.05 Å². The molecule has 0 unspecified atom stereocenters. The molecule has 2 aromatic heterocycles. The summed E-state index contributed by atoms with van der Waals surface area (Å²) in [5.41, 5.74) is 5.76. The first-order chi connectivity index (χ1) is 16.2. The molecule has 0 saturated carbocycles. The van der Waals surface area contributed by atoms with Gasteiger partial charge in [-0.05, 0) is 54.6 Å². The molecule has 0 aliphatic rings. The average molecular weight is 431 g/mol. The van der Waals surface area contributed by atoms with Crippen molar-refractivity contribution in [3.8, 4) is 28.8 Å². The number of methoxy groups -OCH3 is 1. The fraction of sp³-hybridized carbons (Fsp3) is 0.0741. The van der Waals surface area contributed by atoms with E-state index in [0.29, 0.717) is 11.4 Å². The van der Waals surface area contributed by atoms with Gasteiger partial charge in [-0.2, -0.15) is 10.4 Å². The number of imidazole rings is 1. The van der Waals surface area contributed by atoms with Gasteiger partial charge in [0, 0.05) is 24.4 Å². The smallest absolute Gasteiger partial charge is 0.151 e. The first-order valence-electron chi connectivity index (χ1n) is 10.5. The van der Waals surface area contributed by atoms with Crippen molar-refractivity contribution < 1.29 is 4.74 Å². The molecule has 0 atom stereocenters. The third kappa shape index (κ3) is 3.77. The zero-order chi connectivity index (χ0) is 22.8. The average Bonchev–Trinajstić information content (AvgIpc) is 3.44. The summed E-state index contributed by atoms with van der Waals surface area (Å²) in [6.07, 6.45) is 3.79. The van der Waals surface area contributed by atoms with E-state index in [4.69, 9.17) is 14.8 Å². The fourth-order valence-electron chi connectivity index (χ4n) is 3.87. The van der Waals surface area contributed by atoms with E-state index >= 15 is 0 Å². The number of hydrogen-bond acceptors (Lipinski definition) is 4. The number of rotatable bonds is 5. The molecular weight excluding hydrogens is 410 g/mol. The molecule has 33 heavy (non-hydrogen) atoms. The number of aromatic nitrogens is 4. The predicted molar refractivity (Wildman–Crippen MR) is 130 cm³/mol. The van der Waals surface area contributed by atoms with E-state index in [0.717, 1.165) is 39.3 Å². The van der Waals surface area contributed by atoms with Crippen LogP contribution in [0.25, 0.3) is 39.6 Å². The fourth-order valence-corrected chi connectivity index (χ4v) is 3.87. The van der Waals surface area contributed by atoms with Crippen molar-refractivity contribution in [2.75, 3.05) is 7.11 Å². The Morgan fingerprint density at radius 1 is 0.970 bits per heavy atom. The molecule has 0 fully saturated rings. The molecule has 0 N–H and O–H groups in total. The minimum Gasteiger partial charge on any atom is -0.497 e. The molecule has 0 saturated heterocycles. The highest BCUT2D eigenvalue weighted by molar-refractivity contribution is 5.93. The van der Waals surface area contributed by atoms with Gasteiger partial charge in [0.2, 0.25) is 0 Å². The molecule has 0 amide bonds. The Kier molecular flexibility index (Phi) is 5.21. The number of para-hydroxylation sites is 3. The molecule has 2 heterocycles. The predicted octanol–water partition coefficient (Wildman–Crippen LogP) is 5.50. The van der Waals surface area contributed by atoms with Crippen molar-refractivity contribution in [3.63, 3.8) is 0 Å². The van der Waals surface area contributed by atoms with Crippen LogP contribution in [0.2, 0.25) is 0 Å². The van der Waals surface area contributed by atoms with Gasteiger partial charge in [0.05, 0.1) is 35.1 Å². The molecule has 0 aliphatic heterocycles. The molecule has 0 bridgehead atoms. The summed E-state index contributed by atoms with van der Waals surface area (Å²) in [6.45, 7) is 0. The summed E-state index contributed by atoms with van der Waals surface area (Å²) in [5.74, 6) is 1.39. The topological polar surface area (TPSA) is 68.7 Å². The molecule has 0 aliphatic carbocycles. The molecule has 6 nitrogen and oxygen atoms in total. The Balaban J connectivity index is 1.67. The zero-order valence-corrected chi connectivity index (χ0v) is 18.3. The molecule has 0 radical (unpaired) electrons. The monoisotopic (exact) mass is 431 g/mol. The second-order valence-corrected chi connectivity index (χ2v) is 7.59. The number of nitriles is 1. The summed E-state index contributed by atoms with van der Waals surface area (Å²) in [5, 5.41) is 14.9. The van der Waals surface area contributed by atoms with Gasteiger partial charge in [0.15, 0.2) is 5.82 Å². The van der Waals surface area contributed by atoms with Gasteiger partial charge in [0.25, 0.3) is 0 Å². The van der Waals surface area contributed by atoms with E-state index in [1.165, 1.54) is 0 Å². The highest BCUT2D eigenvalue weighted by Crippen LogP contribution is 2.29. The van der Waals surface area contributed by atoms with Crippen LogP contribution in [0, 0.1) is 11.3 Å². The maximum absolute atomic E-state index is 10.0. The van der Waals surface area contributed by atoms with Crippen LogP contribution >= 0.6 is 0 Å². The van der Waals surface area contributed by atoms with Gasteiger partial charge in [-0.25, -0.2) is 9.67 Å². The number of ether oxygens (including phenoxy) is 1. The number of allylic oxidation sites excluding steroid dienone is 1. The van der Waals surface area contributed by atoms with Crippen LogP contribution in [-0.4, -0.2) is 26.4 Å².